The van der Waals surface area contributed by atoms with E-state index < -0.39 is 0 Å². The highest BCUT2D eigenvalue weighted by molar-refractivity contribution is 7.10. The third kappa shape index (κ3) is 5.87. The average Bonchev–Trinajstić information content (AvgIpc) is 3.08. The number of carbonyl (C=O) groups excluding carboxylic acids is 2. The maximum absolute atomic E-state index is 12.6. The van der Waals surface area contributed by atoms with Crippen molar-refractivity contribution < 1.29 is 9.59 Å². The van der Waals surface area contributed by atoms with Gasteiger partial charge in [0, 0.05) is 16.5 Å². The van der Waals surface area contributed by atoms with E-state index in [1.807, 2.05) is 43.5 Å². The second-order valence-corrected chi connectivity index (χ2v) is 7.04. The minimum absolute atomic E-state index is 0.0560. The summed E-state index contributed by atoms with van der Waals surface area (Å²) in [6.07, 6.45) is 3.59. The highest BCUT2D eigenvalue weighted by atomic mass is 32.1. The number of thiophene rings is 1. The zero-order valence-electron chi connectivity index (χ0n) is 14.8. The molecule has 0 unspecified atom stereocenters. The summed E-state index contributed by atoms with van der Waals surface area (Å²) in [7, 11) is 0. The Morgan fingerprint density at radius 3 is 2.52 bits per heavy atom. The van der Waals surface area contributed by atoms with Crippen LogP contribution < -0.4 is 10.6 Å². The maximum Gasteiger partial charge on any atom is 0.268 e. The largest absolute Gasteiger partial charge is 0.348 e. The van der Waals surface area contributed by atoms with Gasteiger partial charge in [0.15, 0.2) is 0 Å². The van der Waals surface area contributed by atoms with E-state index in [4.69, 9.17) is 0 Å². The Bertz CT molecular complexity index is 734. The molecule has 1 aromatic carbocycles. The van der Waals surface area contributed by atoms with Crippen LogP contribution >= 0.6 is 11.3 Å². The lowest BCUT2D eigenvalue weighted by molar-refractivity contribution is -0.118. The van der Waals surface area contributed by atoms with Gasteiger partial charge in [-0.15, -0.1) is 11.3 Å². The minimum Gasteiger partial charge on any atom is -0.348 e. The van der Waals surface area contributed by atoms with E-state index in [0.29, 0.717) is 5.56 Å². The molecule has 0 bridgehead atoms. The van der Waals surface area contributed by atoms with Crippen LogP contribution in [0.1, 0.15) is 47.5 Å². The van der Waals surface area contributed by atoms with Crippen molar-refractivity contribution in [1.82, 2.24) is 10.6 Å². The molecule has 4 nitrogen and oxygen atoms in total. The smallest absolute Gasteiger partial charge is 0.268 e. The summed E-state index contributed by atoms with van der Waals surface area (Å²) in [6.45, 7) is 6.00. The number of hydrogen-bond acceptors (Lipinski definition) is 3. The van der Waals surface area contributed by atoms with Crippen molar-refractivity contribution in [2.75, 3.05) is 0 Å². The lowest BCUT2D eigenvalue weighted by Crippen LogP contribution is -2.39. The lowest BCUT2D eigenvalue weighted by Gasteiger charge is -2.15. The molecule has 1 atom stereocenters. The molecule has 0 aliphatic rings. The number of benzene rings is 1. The molecule has 5 heteroatoms. The van der Waals surface area contributed by atoms with Crippen molar-refractivity contribution >= 4 is 29.2 Å². The summed E-state index contributed by atoms with van der Waals surface area (Å²) in [5.41, 5.74) is 1.87. The molecule has 2 aromatic rings. The van der Waals surface area contributed by atoms with Gasteiger partial charge >= 0.3 is 0 Å². The molecule has 0 aliphatic carbocycles. The average molecular weight is 356 g/mol. The van der Waals surface area contributed by atoms with Gasteiger partial charge < -0.3 is 10.6 Å². The minimum atomic E-state index is -0.291. The summed E-state index contributed by atoms with van der Waals surface area (Å²) < 4.78 is 0. The molecule has 2 N–H and O–H groups in total. The van der Waals surface area contributed by atoms with Gasteiger partial charge in [0.2, 0.25) is 0 Å². The molecule has 25 heavy (non-hydrogen) atoms. The molecule has 1 aromatic heterocycles. The van der Waals surface area contributed by atoms with E-state index in [2.05, 4.69) is 17.6 Å². The highest BCUT2D eigenvalue weighted by Crippen LogP contribution is 2.13. The Kier molecular flexibility index (Phi) is 6.95. The molecule has 1 heterocycles. The van der Waals surface area contributed by atoms with Gasteiger partial charge in [-0.3, -0.25) is 9.59 Å². The first-order valence-corrected chi connectivity index (χ1v) is 9.31. The van der Waals surface area contributed by atoms with Gasteiger partial charge in [-0.2, -0.15) is 0 Å². The van der Waals surface area contributed by atoms with Crippen LogP contribution in [0.25, 0.3) is 6.08 Å². The van der Waals surface area contributed by atoms with E-state index in [1.54, 1.807) is 18.2 Å². The number of hydrogen-bond donors (Lipinski definition) is 2. The van der Waals surface area contributed by atoms with Crippen LogP contribution in [0.5, 0.6) is 0 Å². The van der Waals surface area contributed by atoms with Crippen LogP contribution in [0, 0.1) is 6.92 Å². The topological polar surface area (TPSA) is 58.2 Å². The van der Waals surface area contributed by atoms with E-state index >= 15 is 0 Å². The maximum atomic E-state index is 12.6. The van der Waals surface area contributed by atoms with Gasteiger partial charge in [0.25, 0.3) is 11.8 Å². The zero-order chi connectivity index (χ0) is 18.2. The Hall–Kier alpha value is -2.40. The first-order valence-electron chi connectivity index (χ1n) is 8.43. The Balaban J connectivity index is 2.18. The lowest BCUT2D eigenvalue weighted by atomic mass is 10.1. The van der Waals surface area contributed by atoms with Gasteiger partial charge in [0.05, 0.1) is 0 Å². The fourth-order valence-corrected chi connectivity index (χ4v) is 3.04. The van der Waals surface area contributed by atoms with E-state index in [9.17, 15) is 9.59 Å². The fraction of sp³-hybridized carbons (Fsp3) is 0.300. The second-order valence-electron chi connectivity index (χ2n) is 6.06. The van der Waals surface area contributed by atoms with Gasteiger partial charge in [-0.1, -0.05) is 37.1 Å². The molecule has 0 aliphatic heterocycles. The normalized spacial score (nSPS) is 12.5. The number of aryl methyl sites for hydroxylation is 1. The summed E-state index contributed by atoms with van der Waals surface area (Å²) >= 11 is 1.51. The van der Waals surface area contributed by atoms with Crippen LogP contribution in [0.3, 0.4) is 0 Å². The van der Waals surface area contributed by atoms with Crippen LogP contribution in [-0.2, 0) is 4.79 Å². The predicted octanol–water partition coefficient (Wildman–Crippen LogP) is 4.13. The number of rotatable bonds is 7. The Morgan fingerprint density at radius 2 is 1.92 bits per heavy atom. The molecular formula is C20H24N2O2S. The second kappa shape index (κ2) is 9.18. The fourth-order valence-electron chi connectivity index (χ4n) is 2.38. The SMILES string of the molecule is CCC[C@H](C)NC(=O)/C(=C/c1cccs1)NC(=O)c1ccc(C)cc1. The highest BCUT2D eigenvalue weighted by Gasteiger charge is 2.16. The summed E-state index contributed by atoms with van der Waals surface area (Å²) in [4.78, 5) is 26.0. The molecule has 132 valence electrons. The van der Waals surface area contributed by atoms with Gasteiger partial charge in [-0.25, -0.2) is 0 Å². The number of nitrogens with one attached hydrogen (secondary N) is 2. The van der Waals surface area contributed by atoms with Gasteiger partial charge in [-0.05, 0) is 49.9 Å². The molecular weight excluding hydrogens is 332 g/mol. The summed E-state index contributed by atoms with van der Waals surface area (Å²) in [5, 5.41) is 7.63. The Morgan fingerprint density at radius 1 is 1.20 bits per heavy atom. The molecule has 0 saturated carbocycles. The molecule has 0 radical (unpaired) electrons. The zero-order valence-corrected chi connectivity index (χ0v) is 15.7. The van der Waals surface area contributed by atoms with Crippen molar-refractivity contribution in [2.45, 2.75) is 39.7 Å². The molecule has 2 amide bonds. The van der Waals surface area contributed by atoms with Crippen LogP contribution in [0.15, 0.2) is 47.5 Å². The van der Waals surface area contributed by atoms with Crippen LogP contribution in [0.4, 0.5) is 0 Å². The number of amides is 2. The quantitative estimate of drug-likeness (QED) is 0.733. The first kappa shape index (κ1) is 18.9. The summed E-state index contributed by atoms with van der Waals surface area (Å²) in [5.74, 6) is -0.559. The standard InChI is InChI=1S/C20H24N2O2S/c1-4-6-15(3)21-20(24)18(13-17-7-5-12-25-17)22-19(23)16-10-8-14(2)9-11-16/h5,7-13,15H,4,6H2,1-3H3,(H,21,24)(H,22,23)/b18-13-/t15-/m0/s1. The molecule has 0 spiro atoms. The van der Waals surface area contributed by atoms with Crippen molar-refractivity contribution in [3.05, 3.63) is 63.5 Å². The number of carbonyl (C=O) groups is 2. The molecule has 0 fully saturated rings. The van der Waals surface area contributed by atoms with E-state index in [-0.39, 0.29) is 23.6 Å². The van der Waals surface area contributed by atoms with E-state index in [0.717, 1.165) is 23.3 Å². The third-order valence-corrected chi connectivity index (χ3v) is 4.55. The van der Waals surface area contributed by atoms with Crippen molar-refractivity contribution in [2.24, 2.45) is 0 Å². The first-order chi connectivity index (χ1) is 12.0. The van der Waals surface area contributed by atoms with E-state index in [1.165, 1.54) is 11.3 Å². The van der Waals surface area contributed by atoms with Crippen LogP contribution in [-0.4, -0.2) is 17.9 Å². The summed E-state index contributed by atoms with van der Waals surface area (Å²) in [6, 6.07) is 11.1. The van der Waals surface area contributed by atoms with Crippen molar-refractivity contribution in [3.8, 4) is 0 Å². The van der Waals surface area contributed by atoms with Crippen LogP contribution in [0.2, 0.25) is 0 Å². The third-order valence-electron chi connectivity index (χ3n) is 3.74. The van der Waals surface area contributed by atoms with Crippen molar-refractivity contribution in [1.29, 1.82) is 0 Å². The monoisotopic (exact) mass is 356 g/mol. The molecule has 0 saturated heterocycles. The molecule has 2 rings (SSSR count). The Labute approximate surface area is 153 Å². The van der Waals surface area contributed by atoms with Crippen molar-refractivity contribution in [3.63, 3.8) is 0 Å². The van der Waals surface area contributed by atoms with Gasteiger partial charge in [0.1, 0.15) is 5.70 Å². The predicted molar refractivity (Wildman–Crippen MR) is 103 cm³/mol.